The molecule has 1 atom stereocenters. The quantitative estimate of drug-likeness (QED) is 0.853. The van der Waals surface area contributed by atoms with Gasteiger partial charge in [0.25, 0.3) is 0 Å². The van der Waals surface area contributed by atoms with Crippen LogP contribution in [0.4, 0.5) is 0 Å². The molecule has 0 saturated heterocycles. The van der Waals surface area contributed by atoms with Gasteiger partial charge in [0.1, 0.15) is 0 Å². The summed E-state index contributed by atoms with van der Waals surface area (Å²) in [6.07, 6.45) is 1.11. The van der Waals surface area contributed by atoms with Crippen LogP contribution < -0.4 is 0 Å². The first kappa shape index (κ1) is 15.1. The predicted molar refractivity (Wildman–Crippen MR) is 73.2 cm³/mol. The summed E-state index contributed by atoms with van der Waals surface area (Å²) in [6.45, 7) is 1.64. The van der Waals surface area contributed by atoms with Crippen LogP contribution in [0.25, 0.3) is 11.4 Å². The highest BCUT2D eigenvalue weighted by molar-refractivity contribution is 7.90. The molecule has 0 bridgehead atoms. The molecule has 0 aliphatic rings. The minimum Gasteiger partial charge on any atom is -0.481 e. The molecule has 21 heavy (non-hydrogen) atoms. The first-order valence-electron chi connectivity index (χ1n) is 6.08. The largest absolute Gasteiger partial charge is 0.481 e. The molecule has 2 rings (SSSR count). The number of aromatic nitrogens is 4. The second-order valence-corrected chi connectivity index (χ2v) is 6.74. The Hall–Kier alpha value is -2.29. The van der Waals surface area contributed by atoms with Crippen molar-refractivity contribution in [3.63, 3.8) is 0 Å². The molecule has 8 nitrogen and oxygen atoms in total. The van der Waals surface area contributed by atoms with Crippen LogP contribution in [0.15, 0.2) is 29.2 Å². The first-order chi connectivity index (χ1) is 9.79. The van der Waals surface area contributed by atoms with Gasteiger partial charge in [0.05, 0.1) is 17.4 Å². The Labute approximate surface area is 121 Å². The van der Waals surface area contributed by atoms with Crippen LogP contribution in [0.3, 0.4) is 0 Å². The maximum atomic E-state index is 11.6. The normalized spacial score (nSPS) is 13.0. The molecule has 1 N–H and O–H groups in total. The number of carbonyl (C=O) groups is 1. The fourth-order valence-electron chi connectivity index (χ4n) is 1.74. The van der Waals surface area contributed by atoms with E-state index in [1.807, 2.05) is 0 Å². The van der Waals surface area contributed by atoms with Gasteiger partial charge in [-0.25, -0.2) is 13.1 Å². The third-order valence-corrected chi connectivity index (χ3v) is 4.03. The Morgan fingerprint density at radius 1 is 1.43 bits per heavy atom. The number of hydrogen-bond acceptors (Lipinski definition) is 6. The van der Waals surface area contributed by atoms with Gasteiger partial charge >= 0.3 is 5.97 Å². The second-order valence-electron chi connectivity index (χ2n) is 4.72. The molecule has 9 heteroatoms. The van der Waals surface area contributed by atoms with Crippen molar-refractivity contribution in [3.8, 4) is 11.4 Å². The Bertz CT molecular complexity index is 769. The van der Waals surface area contributed by atoms with Crippen LogP contribution in [0, 0.1) is 5.92 Å². The van der Waals surface area contributed by atoms with Crippen LogP contribution in [0.5, 0.6) is 0 Å². The smallest absolute Gasteiger partial charge is 0.308 e. The van der Waals surface area contributed by atoms with Gasteiger partial charge in [-0.3, -0.25) is 4.79 Å². The van der Waals surface area contributed by atoms with Gasteiger partial charge in [-0.1, -0.05) is 19.1 Å². The van der Waals surface area contributed by atoms with E-state index in [2.05, 4.69) is 15.5 Å². The van der Waals surface area contributed by atoms with Crippen molar-refractivity contribution in [1.82, 2.24) is 20.2 Å². The highest BCUT2D eigenvalue weighted by Gasteiger charge is 2.17. The zero-order valence-corrected chi connectivity index (χ0v) is 12.3. The molecule has 1 aromatic carbocycles. The van der Waals surface area contributed by atoms with Crippen LogP contribution >= 0.6 is 0 Å². The average molecular weight is 310 g/mol. The SMILES string of the molecule is CC(Cn1nnnc1-c1cccc(S(C)(=O)=O)c1)C(=O)O. The van der Waals surface area contributed by atoms with Crippen molar-refractivity contribution < 1.29 is 18.3 Å². The van der Waals surface area contributed by atoms with Crippen molar-refractivity contribution in [2.45, 2.75) is 18.4 Å². The number of sulfone groups is 1. The standard InChI is InChI=1S/C12H14N4O4S/c1-8(12(17)18)7-16-11(13-14-15-16)9-4-3-5-10(6-9)21(2,19)20/h3-6,8H,7H2,1-2H3,(H,17,18). The van der Waals surface area contributed by atoms with Crippen molar-refractivity contribution in [2.75, 3.05) is 6.26 Å². The van der Waals surface area contributed by atoms with Gasteiger partial charge in [0.15, 0.2) is 15.7 Å². The molecule has 0 aliphatic carbocycles. The van der Waals surface area contributed by atoms with E-state index < -0.39 is 21.7 Å². The number of nitrogens with zero attached hydrogens (tertiary/aromatic N) is 4. The number of rotatable bonds is 5. The maximum absolute atomic E-state index is 11.6. The van der Waals surface area contributed by atoms with E-state index in [1.165, 1.54) is 16.8 Å². The molecule has 0 spiro atoms. The highest BCUT2D eigenvalue weighted by Crippen LogP contribution is 2.20. The number of benzene rings is 1. The Balaban J connectivity index is 2.40. The van der Waals surface area contributed by atoms with E-state index >= 15 is 0 Å². The van der Waals surface area contributed by atoms with Gasteiger partial charge in [0, 0.05) is 11.8 Å². The topological polar surface area (TPSA) is 115 Å². The van der Waals surface area contributed by atoms with Crippen LogP contribution in [0.1, 0.15) is 6.92 Å². The summed E-state index contributed by atoms with van der Waals surface area (Å²) in [4.78, 5) is 11.1. The molecule has 0 radical (unpaired) electrons. The molecule has 0 amide bonds. The van der Waals surface area contributed by atoms with Crippen molar-refractivity contribution in [3.05, 3.63) is 24.3 Å². The Morgan fingerprint density at radius 3 is 2.76 bits per heavy atom. The molecule has 1 unspecified atom stereocenters. The van der Waals surface area contributed by atoms with Crippen LogP contribution in [-0.2, 0) is 21.2 Å². The molecule has 0 saturated carbocycles. The molecule has 112 valence electrons. The summed E-state index contributed by atoms with van der Waals surface area (Å²) in [7, 11) is -3.34. The first-order valence-corrected chi connectivity index (χ1v) is 7.97. The summed E-state index contributed by atoms with van der Waals surface area (Å²) >= 11 is 0. The lowest BCUT2D eigenvalue weighted by Gasteiger charge is -2.08. The lowest BCUT2D eigenvalue weighted by molar-refractivity contribution is -0.141. The van der Waals surface area contributed by atoms with E-state index in [9.17, 15) is 13.2 Å². The molecule has 2 aromatic rings. The third-order valence-electron chi connectivity index (χ3n) is 2.92. The lowest BCUT2D eigenvalue weighted by Crippen LogP contribution is -2.18. The van der Waals surface area contributed by atoms with Crippen molar-refractivity contribution in [1.29, 1.82) is 0 Å². The molecular formula is C12H14N4O4S. The summed E-state index contributed by atoms with van der Waals surface area (Å²) in [5.41, 5.74) is 0.514. The number of carboxylic acids is 1. The zero-order valence-electron chi connectivity index (χ0n) is 11.5. The van der Waals surface area contributed by atoms with Crippen LogP contribution in [-0.4, -0.2) is 46.0 Å². The minimum absolute atomic E-state index is 0.0980. The predicted octanol–water partition coefficient (Wildman–Crippen LogP) is 0.464. The van der Waals surface area contributed by atoms with Gasteiger partial charge < -0.3 is 5.11 Å². The van der Waals surface area contributed by atoms with E-state index in [0.717, 1.165) is 6.26 Å². The third kappa shape index (κ3) is 3.43. The van der Waals surface area contributed by atoms with Crippen molar-refractivity contribution in [2.24, 2.45) is 5.92 Å². The van der Waals surface area contributed by atoms with E-state index in [1.54, 1.807) is 19.1 Å². The van der Waals surface area contributed by atoms with Crippen molar-refractivity contribution >= 4 is 15.8 Å². The molecule has 0 aliphatic heterocycles. The fourth-order valence-corrected chi connectivity index (χ4v) is 2.40. The average Bonchev–Trinajstić information content (AvgIpc) is 2.86. The molecular weight excluding hydrogens is 296 g/mol. The number of carboxylic acid groups (broad SMARTS) is 1. The Kier molecular flexibility index (Phi) is 4.03. The fraction of sp³-hybridized carbons (Fsp3) is 0.333. The van der Waals surface area contributed by atoms with Gasteiger partial charge in [-0.2, -0.15) is 0 Å². The summed E-state index contributed by atoms with van der Waals surface area (Å²) in [5, 5.41) is 20.0. The monoisotopic (exact) mass is 310 g/mol. The van der Waals surface area contributed by atoms with Gasteiger partial charge in [-0.15, -0.1) is 5.10 Å². The van der Waals surface area contributed by atoms with E-state index in [0.29, 0.717) is 11.4 Å². The lowest BCUT2D eigenvalue weighted by atomic mass is 10.1. The number of aliphatic carboxylic acids is 1. The maximum Gasteiger partial charge on any atom is 0.308 e. The molecule has 1 aromatic heterocycles. The summed E-state index contributed by atoms with van der Waals surface area (Å²) < 4.78 is 24.5. The van der Waals surface area contributed by atoms with Crippen LogP contribution in [0.2, 0.25) is 0 Å². The molecule has 0 fully saturated rings. The minimum atomic E-state index is -3.34. The highest BCUT2D eigenvalue weighted by atomic mass is 32.2. The Morgan fingerprint density at radius 2 is 2.14 bits per heavy atom. The summed E-state index contributed by atoms with van der Waals surface area (Å²) in [6, 6.07) is 6.20. The van der Waals surface area contributed by atoms with E-state index in [-0.39, 0.29) is 11.4 Å². The zero-order chi connectivity index (χ0) is 15.6. The summed E-state index contributed by atoms with van der Waals surface area (Å²) in [5.74, 6) is -1.29. The molecule has 1 heterocycles. The van der Waals surface area contributed by atoms with Gasteiger partial charge in [0.2, 0.25) is 0 Å². The van der Waals surface area contributed by atoms with Gasteiger partial charge in [-0.05, 0) is 22.6 Å². The number of tetrazole rings is 1. The second kappa shape index (κ2) is 5.60. The van der Waals surface area contributed by atoms with E-state index in [4.69, 9.17) is 5.11 Å². The number of hydrogen-bond donors (Lipinski definition) is 1.